The topological polar surface area (TPSA) is 103 Å². The van der Waals surface area contributed by atoms with Crippen LogP contribution >= 0.6 is 31.9 Å². The van der Waals surface area contributed by atoms with Crippen LogP contribution < -0.4 is 5.43 Å². The molecule has 0 unspecified atom stereocenters. The molecule has 1 N–H and O–H groups in total. The van der Waals surface area contributed by atoms with E-state index in [0.29, 0.717) is 5.58 Å². The summed E-state index contributed by atoms with van der Waals surface area (Å²) in [6.45, 7) is 3.83. The van der Waals surface area contributed by atoms with Crippen molar-refractivity contribution in [1.29, 1.82) is 0 Å². The van der Waals surface area contributed by atoms with E-state index in [1.165, 1.54) is 12.1 Å². The number of carbonyl (C=O) groups excluding carboxylic acids is 1. The lowest BCUT2D eigenvalue weighted by Crippen LogP contribution is -2.16. The molecular formula is C22H16Br2N4O4. The Labute approximate surface area is 199 Å². The van der Waals surface area contributed by atoms with Crippen LogP contribution in [-0.4, -0.2) is 21.6 Å². The first-order valence-electron chi connectivity index (χ1n) is 9.40. The number of aromatic nitrogens is 1. The second-order valence-corrected chi connectivity index (χ2v) is 8.82. The molecule has 0 saturated carbocycles. The first kappa shape index (κ1) is 22.0. The van der Waals surface area contributed by atoms with Gasteiger partial charge in [0.2, 0.25) is 0 Å². The first-order valence-corrected chi connectivity index (χ1v) is 11.0. The van der Waals surface area contributed by atoms with Crippen molar-refractivity contribution in [2.75, 3.05) is 0 Å². The molecule has 8 nitrogen and oxygen atoms in total. The standard InChI is InChI=1S/C22H16Br2N4O4/c1-12-7-15(13(2)27(12)17-3-5-18(6-4-17)28(30)31)11-25-26-22(29)20-9-14-8-16(23)10-19(24)21(14)32-20/h3-11H,1-2H3,(H,26,29)/b25-11+. The third-order valence-electron chi connectivity index (χ3n) is 4.92. The number of hydrazone groups is 1. The molecule has 32 heavy (non-hydrogen) atoms. The zero-order valence-corrected chi connectivity index (χ0v) is 20.1. The average Bonchev–Trinajstić information content (AvgIpc) is 3.29. The van der Waals surface area contributed by atoms with Gasteiger partial charge in [0.05, 0.1) is 15.6 Å². The van der Waals surface area contributed by atoms with Crippen LogP contribution in [0, 0.1) is 24.0 Å². The van der Waals surface area contributed by atoms with E-state index in [4.69, 9.17) is 4.42 Å². The van der Waals surface area contributed by atoms with Crippen LogP contribution in [0.3, 0.4) is 0 Å². The molecule has 2 aromatic carbocycles. The lowest BCUT2D eigenvalue weighted by atomic mass is 10.2. The summed E-state index contributed by atoms with van der Waals surface area (Å²) in [6, 6.07) is 13.6. The Kier molecular flexibility index (Phi) is 5.98. The number of aryl methyl sites for hydroxylation is 1. The molecule has 0 atom stereocenters. The number of halogens is 2. The fourth-order valence-electron chi connectivity index (χ4n) is 3.44. The van der Waals surface area contributed by atoms with E-state index in [1.54, 1.807) is 24.4 Å². The Hall–Kier alpha value is -3.24. The molecule has 4 aromatic rings. The number of carbonyl (C=O) groups is 1. The zero-order chi connectivity index (χ0) is 23.0. The van der Waals surface area contributed by atoms with Crippen LogP contribution in [0.2, 0.25) is 0 Å². The molecule has 1 amide bonds. The fourth-order valence-corrected chi connectivity index (χ4v) is 4.78. The Bertz CT molecular complexity index is 1390. The number of nitro benzene ring substituents is 1. The van der Waals surface area contributed by atoms with Gasteiger partial charge in [0.25, 0.3) is 5.69 Å². The van der Waals surface area contributed by atoms with E-state index in [-0.39, 0.29) is 11.4 Å². The van der Waals surface area contributed by atoms with Crippen LogP contribution in [0.15, 0.2) is 67.0 Å². The SMILES string of the molecule is Cc1cc(/C=N/NC(=O)c2cc3cc(Br)cc(Br)c3o2)c(C)n1-c1ccc([N+](=O)[O-])cc1. The van der Waals surface area contributed by atoms with Crippen molar-refractivity contribution in [3.63, 3.8) is 0 Å². The number of amides is 1. The minimum atomic E-state index is -0.468. The normalized spacial score (nSPS) is 11.4. The smallest absolute Gasteiger partial charge is 0.307 e. The van der Waals surface area contributed by atoms with Gasteiger partial charge >= 0.3 is 5.91 Å². The predicted molar refractivity (Wildman–Crippen MR) is 129 cm³/mol. The largest absolute Gasteiger partial charge is 0.450 e. The Morgan fingerprint density at radius 2 is 1.88 bits per heavy atom. The van der Waals surface area contributed by atoms with Crippen molar-refractivity contribution in [1.82, 2.24) is 9.99 Å². The van der Waals surface area contributed by atoms with Gasteiger partial charge in [-0.15, -0.1) is 0 Å². The highest BCUT2D eigenvalue weighted by molar-refractivity contribution is 9.11. The van der Waals surface area contributed by atoms with Crippen molar-refractivity contribution < 1.29 is 14.1 Å². The molecule has 0 fully saturated rings. The molecule has 2 heterocycles. The summed E-state index contributed by atoms with van der Waals surface area (Å²) in [5.41, 5.74) is 6.51. The molecule has 162 valence electrons. The van der Waals surface area contributed by atoms with Crippen molar-refractivity contribution in [3.05, 3.63) is 90.3 Å². The Morgan fingerprint density at radius 1 is 1.16 bits per heavy atom. The summed E-state index contributed by atoms with van der Waals surface area (Å²) >= 11 is 6.83. The number of nitrogens with zero attached hydrogens (tertiary/aromatic N) is 3. The first-order chi connectivity index (χ1) is 15.2. The molecule has 0 aliphatic carbocycles. The predicted octanol–water partition coefficient (Wildman–Crippen LogP) is 6.04. The average molecular weight is 560 g/mol. The Balaban J connectivity index is 1.53. The van der Waals surface area contributed by atoms with Crippen LogP contribution in [0.5, 0.6) is 0 Å². The lowest BCUT2D eigenvalue weighted by molar-refractivity contribution is -0.384. The summed E-state index contributed by atoms with van der Waals surface area (Å²) in [5.74, 6) is -0.322. The van der Waals surface area contributed by atoms with Gasteiger partial charge in [0, 0.05) is 44.6 Å². The number of benzene rings is 2. The molecule has 0 aliphatic heterocycles. The summed E-state index contributed by atoms with van der Waals surface area (Å²) in [6.07, 6.45) is 1.55. The number of hydrogen-bond acceptors (Lipinski definition) is 5. The van der Waals surface area contributed by atoms with E-state index in [1.807, 2.05) is 36.6 Å². The third-order valence-corrected chi connectivity index (χ3v) is 5.97. The van der Waals surface area contributed by atoms with Gasteiger partial charge in [-0.1, -0.05) is 15.9 Å². The maximum atomic E-state index is 12.5. The van der Waals surface area contributed by atoms with Gasteiger partial charge in [0.15, 0.2) is 5.76 Å². The minimum absolute atomic E-state index is 0.0330. The molecule has 0 saturated heterocycles. The number of nitrogens with one attached hydrogen (secondary N) is 1. The van der Waals surface area contributed by atoms with Crippen molar-refractivity contribution in [2.24, 2.45) is 5.10 Å². The van der Waals surface area contributed by atoms with Crippen LogP contribution in [0.4, 0.5) is 5.69 Å². The highest BCUT2D eigenvalue weighted by atomic mass is 79.9. The molecule has 0 spiro atoms. The van der Waals surface area contributed by atoms with Crippen molar-refractivity contribution >= 4 is 60.6 Å². The van der Waals surface area contributed by atoms with Gasteiger partial charge in [0.1, 0.15) is 5.58 Å². The second-order valence-electron chi connectivity index (χ2n) is 7.05. The number of nitro groups is 1. The second kappa shape index (κ2) is 8.71. The van der Waals surface area contributed by atoms with Crippen LogP contribution in [0.1, 0.15) is 27.5 Å². The van der Waals surface area contributed by atoms with Crippen molar-refractivity contribution in [2.45, 2.75) is 13.8 Å². The highest BCUT2D eigenvalue weighted by Crippen LogP contribution is 2.31. The summed E-state index contributed by atoms with van der Waals surface area (Å²) in [4.78, 5) is 22.9. The molecule has 0 aliphatic rings. The maximum absolute atomic E-state index is 12.5. The minimum Gasteiger partial charge on any atom is -0.450 e. The highest BCUT2D eigenvalue weighted by Gasteiger charge is 2.15. The van der Waals surface area contributed by atoms with E-state index in [9.17, 15) is 14.9 Å². The molecule has 0 bridgehead atoms. The van der Waals surface area contributed by atoms with E-state index < -0.39 is 10.8 Å². The van der Waals surface area contributed by atoms with Crippen LogP contribution in [0.25, 0.3) is 16.7 Å². The fraction of sp³-hybridized carbons (Fsp3) is 0.0909. The molecule has 10 heteroatoms. The number of non-ortho nitro benzene ring substituents is 1. The van der Waals surface area contributed by atoms with Gasteiger partial charge in [-0.05, 0) is 66.2 Å². The Morgan fingerprint density at radius 3 is 2.56 bits per heavy atom. The van der Waals surface area contributed by atoms with E-state index >= 15 is 0 Å². The molecule has 2 aromatic heterocycles. The van der Waals surface area contributed by atoms with Gasteiger partial charge in [-0.25, -0.2) is 5.43 Å². The van der Waals surface area contributed by atoms with E-state index in [0.717, 1.165) is 37.0 Å². The maximum Gasteiger partial charge on any atom is 0.307 e. The zero-order valence-electron chi connectivity index (χ0n) is 16.9. The van der Waals surface area contributed by atoms with E-state index in [2.05, 4.69) is 42.4 Å². The third kappa shape index (κ3) is 4.23. The summed E-state index contributed by atoms with van der Waals surface area (Å²) in [7, 11) is 0. The van der Waals surface area contributed by atoms with Crippen molar-refractivity contribution in [3.8, 4) is 5.69 Å². The van der Waals surface area contributed by atoms with Gasteiger partial charge in [-0.2, -0.15) is 5.10 Å². The monoisotopic (exact) mass is 558 g/mol. The number of hydrogen-bond donors (Lipinski definition) is 1. The molecule has 4 rings (SSSR count). The summed E-state index contributed by atoms with van der Waals surface area (Å²) in [5, 5.41) is 15.7. The van der Waals surface area contributed by atoms with Crippen LogP contribution in [-0.2, 0) is 0 Å². The molecule has 0 radical (unpaired) electrons. The number of furan rings is 1. The summed E-state index contributed by atoms with van der Waals surface area (Å²) < 4.78 is 9.21. The number of rotatable bonds is 5. The lowest BCUT2D eigenvalue weighted by Gasteiger charge is -2.09. The van der Waals surface area contributed by atoms with Gasteiger partial charge < -0.3 is 8.98 Å². The van der Waals surface area contributed by atoms with Gasteiger partial charge in [-0.3, -0.25) is 14.9 Å². The molecular weight excluding hydrogens is 544 g/mol. The number of fused-ring (bicyclic) bond motifs is 1. The quantitative estimate of drug-likeness (QED) is 0.183.